The minimum absolute atomic E-state index is 0.0768. The maximum Gasteiger partial charge on any atom is 0.326 e. The van der Waals surface area contributed by atoms with Crippen molar-refractivity contribution in [2.45, 2.75) is 44.8 Å². The Morgan fingerprint density at radius 3 is 2.52 bits per heavy atom. The Bertz CT molecular complexity index is 512. The second kappa shape index (κ2) is 6.72. The summed E-state index contributed by atoms with van der Waals surface area (Å²) in [6.45, 7) is 2.20. The van der Waals surface area contributed by atoms with Gasteiger partial charge in [0.05, 0.1) is 6.10 Å². The molecule has 0 saturated carbocycles. The van der Waals surface area contributed by atoms with Crippen LogP contribution in [0.5, 0.6) is 0 Å². The van der Waals surface area contributed by atoms with Crippen LogP contribution in [0, 0.1) is 0 Å². The van der Waals surface area contributed by atoms with E-state index in [0.29, 0.717) is 5.56 Å². The summed E-state index contributed by atoms with van der Waals surface area (Å²) in [5.74, 6) is -1.40. The highest BCUT2D eigenvalue weighted by Crippen LogP contribution is 2.21. The predicted molar refractivity (Wildman–Crippen MR) is 78.1 cm³/mol. The standard InChI is InChI=1S/C16H21NO4/c1-2-3-4-11-5-7-12(8-6-11)15(19)17-10-13(18)9-14(17)16(20)21/h5-8,13-14,18H,2-4,9-10H2,1H3,(H,20,21)/t13-,14-/m0/s1. The zero-order valence-corrected chi connectivity index (χ0v) is 12.2. The zero-order valence-electron chi connectivity index (χ0n) is 12.2. The first-order valence-electron chi connectivity index (χ1n) is 7.33. The van der Waals surface area contributed by atoms with Crippen LogP contribution in [-0.4, -0.2) is 45.7 Å². The number of nitrogens with zero attached hydrogens (tertiary/aromatic N) is 1. The van der Waals surface area contributed by atoms with Crippen LogP contribution in [0.25, 0.3) is 0 Å². The van der Waals surface area contributed by atoms with Crippen molar-refractivity contribution >= 4 is 11.9 Å². The molecule has 1 amide bonds. The van der Waals surface area contributed by atoms with Crippen LogP contribution >= 0.6 is 0 Å². The number of β-amino-alcohol motifs (C(OH)–C–C–N with tert-alkyl or cyclic N) is 1. The molecule has 0 radical (unpaired) electrons. The van der Waals surface area contributed by atoms with Crippen molar-refractivity contribution in [3.8, 4) is 0 Å². The number of hydrogen-bond donors (Lipinski definition) is 2. The lowest BCUT2D eigenvalue weighted by Crippen LogP contribution is -2.40. The molecule has 5 heteroatoms. The molecule has 0 bridgehead atoms. The van der Waals surface area contributed by atoms with Crippen LogP contribution in [0.3, 0.4) is 0 Å². The summed E-state index contributed by atoms with van der Waals surface area (Å²) in [4.78, 5) is 24.8. The van der Waals surface area contributed by atoms with Crippen molar-refractivity contribution in [3.05, 3.63) is 35.4 Å². The Kier molecular flexibility index (Phi) is 4.96. The third-order valence-electron chi connectivity index (χ3n) is 3.84. The molecule has 0 aromatic heterocycles. The number of unbranched alkanes of at least 4 members (excludes halogenated alkanes) is 1. The van der Waals surface area contributed by atoms with Crippen molar-refractivity contribution in [1.29, 1.82) is 0 Å². The molecule has 2 atom stereocenters. The molecule has 1 aliphatic heterocycles. The SMILES string of the molecule is CCCCc1ccc(C(=O)N2C[C@@H](O)C[C@H]2C(=O)O)cc1. The molecule has 114 valence electrons. The van der Waals surface area contributed by atoms with E-state index in [2.05, 4.69) is 6.92 Å². The number of aryl methyl sites for hydroxylation is 1. The number of rotatable bonds is 5. The van der Waals surface area contributed by atoms with Gasteiger partial charge in [-0.1, -0.05) is 25.5 Å². The lowest BCUT2D eigenvalue weighted by molar-refractivity contribution is -0.141. The van der Waals surface area contributed by atoms with Crippen LogP contribution in [0.1, 0.15) is 42.1 Å². The van der Waals surface area contributed by atoms with Crippen molar-refractivity contribution in [2.24, 2.45) is 0 Å². The fourth-order valence-corrected chi connectivity index (χ4v) is 2.63. The highest BCUT2D eigenvalue weighted by atomic mass is 16.4. The normalized spacial score (nSPS) is 21.5. The van der Waals surface area contributed by atoms with Gasteiger partial charge >= 0.3 is 5.97 Å². The monoisotopic (exact) mass is 291 g/mol. The second-order valence-electron chi connectivity index (χ2n) is 5.50. The number of aliphatic hydroxyl groups excluding tert-OH is 1. The minimum atomic E-state index is -1.07. The van der Waals surface area contributed by atoms with Gasteiger partial charge in [0, 0.05) is 18.5 Å². The molecular formula is C16H21NO4. The molecule has 1 saturated heterocycles. The van der Waals surface area contributed by atoms with E-state index in [1.165, 1.54) is 10.5 Å². The smallest absolute Gasteiger partial charge is 0.326 e. The summed E-state index contributed by atoms with van der Waals surface area (Å²) in [7, 11) is 0. The molecule has 2 N–H and O–H groups in total. The first-order chi connectivity index (χ1) is 10.0. The first kappa shape index (κ1) is 15.5. The van der Waals surface area contributed by atoms with E-state index in [-0.39, 0.29) is 18.9 Å². The average molecular weight is 291 g/mol. The van der Waals surface area contributed by atoms with E-state index in [1.807, 2.05) is 12.1 Å². The molecule has 0 unspecified atom stereocenters. The predicted octanol–water partition coefficient (Wildman–Crippen LogP) is 1.69. The molecule has 5 nitrogen and oxygen atoms in total. The van der Waals surface area contributed by atoms with Gasteiger partial charge in [-0.05, 0) is 30.5 Å². The number of amides is 1. The van der Waals surface area contributed by atoms with E-state index in [0.717, 1.165) is 19.3 Å². The zero-order chi connectivity index (χ0) is 15.4. The summed E-state index contributed by atoms with van der Waals surface area (Å²) in [5.41, 5.74) is 1.64. The van der Waals surface area contributed by atoms with Crippen LogP contribution in [-0.2, 0) is 11.2 Å². The number of carbonyl (C=O) groups excluding carboxylic acids is 1. The molecule has 1 fully saturated rings. The minimum Gasteiger partial charge on any atom is -0.480 e. The van der Waals surface area contributed by atoms with Gasteiger partial charge < -0.3 is 15.1 Å². The Hall–Kier alpha value is -1.88. The van der Waals surface area contributed by atoms with Gasteiger partial charge in [-0.25, -0.2) is 4.79 Å². The van der Waals surface area contributed by atoms with Gasteiger partial charge in [-0.3, -0.25) is 4.79 Å². The van der Waals surface area contributed by atoms with Crippen molar-refractivity contribution in [1.82, 2.24) is 4.90 Å². The van der Waals surface area contributed by atoms with Crippen LogP contribution < -0.4 is 0 Å². The van der Waals surface area contributed by atoms with Gasteiger partial charge in [0.1, 0.15) is 6.04 Å². The Labute approximate surface area is 124 Å². The molecule has 21 heavy (non-hydrogen) atoms. The van der Waals surface area contributed by atoms with E-state index in [1.54, 1.807) is 12.1 Å². The van der Waals surface area contributed by atoms with Crippen LogP contribution in [0.4, 0.5) is 0 Å². The maximum absolute atomic E-state index is 12.4. The van der Waals surface area contributed by atoms with Crippen molar-refractivity contribution in [2.75, 3.05) is 6.54 Å². The van der Waals surface area contributed by atoms with Gasteiger partial charge in [0.2, 0.25) is 0 Å². The summed E-state index contributed by atoms with van der Waals surface area (Å²) < 4.78 is 0. The molecule has 1 heterocycles. The van der Waals surface area contributed by atoms with Crippen LogP contribution in [0.2, 0.25) is 0 Å². The summed E-state index contributed by atoms with van der Waals surface area (Å²) in [6, 6.07) is 6.34. The largest absolute Gasteiger partial charge is 0.480 e. The van der Waals surface area contributed by atoms with Crippen molar-refractivity contribution in [3.63, 3.8) is 0 Å². The summed E-state index contributed by atoms with van der Waals surface area (Å²) >= 11 is 0. The number of likely N-dealkylation sites (tertiary alicyclic amines) is 1. The Morgan fingerprint density at radius 2 is 1.95 bits per heavy atom. The number of benzene rings is 1. The molecular weight excluding hydrogens is 270 g/mol. The van der Waals surface area contributed by atoms with Gasteiger partial charge in [-0.15, -0.1) is 0 Å². The Balaban J connectivity index is 2.10. The molecule has 0 aliphatic carbocycles. The lowest BCUT2D eigenvalue weighted by Gasteiger charge is -2.21. The van der Waals surface area contributed by atoms with Crippen LogP contribution in [0.15, 0.2) is 24.3 Å². The van der Waals surface area contributed by atoms with Crippen molar-refractivity contribution < 1.29 is 19.8 Å². The third kappa shape index (κ3) is 3.61. The third-order valence-corrected chi connectivity index (χ3v) is 3.84. The van der Waals surface area contributed by atoms with E-state index in [9.17, 15) is 14.7 Å². The van der Waals surface area contributed by atoms with E-state index >= 15 is 0 Å². The van der Waals surface area contributed by atoms with Gasteiger partial charge in [-0.2, -0.15) is 0 Å². The maximum atomic E-state index is 12.4. The van der Waals surface area contributed by atoms with E-state index in [4.69, 9.17) is 5.11 Å². The molecule has 1 aliphatic rings. The number of carboxylic acids is 1. The average Bonchev–Trinajstić information content (AvgIpc) is 2.87. The fraction of sp³-hybridized carbons (Fsp3) is 0.500. The highest BCUT2D eigenvalue weighted by molar-refractivity contribution is 5.97. The second-order valence-corrected chi connectivity index (χ2v) is 5.50. The number of carboxylic acid groups (broad SMARTS) is 1. The summed E-state index contributed by atoms with van der Waals surface area (Å²) in [6.07, 6.45) is 2.53. The quantitative estimate of drug-likeness (QED) is 0.865. The summed E-state index contributed by atoms with van der Waals surface area (Å²) in [5, 5.41) is 18.7. The number of aliphatic hydroxyl groups is 1. The molecule has 0 spiro atoms. The highest BCUT2D eigenvalue weighted by Gasteiger charge is 2.39. The van der Waals surface area contributed by atoms with E-state index < -0.39 is 18.1 Å². The molecule has 1 aromatic rings. The number of hydrogen-bond acceptors (Lipinski definition) is 3. The fourth-order valence-electron chi connectivity index (χ4n) is 2.63. The van der Waals surface area contributed by atoms with Gasteiger partial charge in [0.25, 0.3) is 5.91 Å². The number of aliphatic carboxylic acids is 1. The topological polar surface area (TPSA) is 77.8 Å². The molecule has 2 rings (SSSR count). The Morgan fingerprint density at radius 1 is 1.29 bits per heavy atom. The lowest BCUT2D eigenvalue weighted by atomic mass is 10.1. The van der Waals surface area contributed by atoms with Gasteiger partial charge in [0.15, 0.2) is 0 Å². The molecule has 1 aromatic carbocycles. The first-order valence-corrected chi connectivity index (χ1v) is 7.33. The number of carbonyl (C=O) groups is 2.